The molecule has 1 N–H and O–H groups in total. The second-order valence-corrected chi connectivity index (χ2v) is 3.91. The van der Waals surface area contributed by atoms with Crippen LogP contribution in [-0.4, -0.2) is 37.2 Å². The summed E-state index contributed by atoms with van der Waals surface area (Å²) in [4.78, 5) is 21.2. The molecule has 0 saturated heterocycles. The molecule has 1 aromatic rings. The molecule has 1 unspecified atom stereocenters. The van der Waals surface area contributed by atoms with Crippen LogP contribution in [0.4, 0.5) is 10.1 Å². The lowest BCUT2D eigenvalue weighted by atomic mass is 10.3. The number of nitrogens with zero attached hydrogens (tertiary/aromatic N) is 1. The van der Waals surface area contributed by atoms with Crippen molar-refractivity contribution in [2.24, 2.45) is 0 Å². The molecular formula is C12H15FN2O5. The molecule has 0 saturated carbocycles. The number of nitrogens with one attached hydrogen (secondary N) is 1. The number of ether oxygens (including phenoxy) is 2. The lowest BCUT2D eigenvalue weighted by molar-refractivity contribution is -0.387. The molecule has 0 aromatic heterocycles. The van der Waals surface area contributed by atoms with E-state index in [9.17, 15) is 19.3 Å². The number of hydrogen-bond donors (Lipinski definition) is 1. The van der Waals surface area contributed by atoms with Gasteiger partial charge in [-0.2, -0.15) is 4.39 Å². The van der Waals surface area contributed by atoms with Crippen LogP contribution in [-0.2, 0) is 9.53 Å². The fourth-order valence-electron chi connectivity index (χ4n) is 1.39. The van der Waals surface area contributed by atoms with Gasteiger partial charge in [0.15, 0.2) is 6.10 Å². The molecule has 0 fully saturated rings. The van der Waals surface area contributed by atoms with Crippen LogP contribution >= 0.6 is 0 Å². The summed E-state index contributed by atoms with van der Waals surface area (Å²) in [6.07, 6.45) is -0.854. The van der Waals surface area contributed by atoms with Gasteiger partial charge in [-0.15, -0.1) is 0 Å². The van der Waals surface area contributed by atoms with E-state index in [-0.39, 0.29) is 11.7 Å². The Balaban J connectivity index is 2.62. The van der Waals surface area contributed by atoms with Crippen molar-refractivity contribution in [3.63, 3.8) is 0 Å². The standard InChI is InChI=1S/C12H15FN2O5/c1-8(12(16)14-5-6-19-2)20-9-3-4-11(15(17)18)10(13)7-9/h3-4,7-8H,5-6H2,1-2H3,(H,14,16). The molecule has 0 aliphatic rings. The van der Waals surface area contributed by atoms with Crippen LogP contribution in [0.5, 0.6) is 5.75 Å². The topological polar surface area (TPSA) is 90.7 Å². The number of nitro benzene ring substituents is 1. The van der Waals surface area contributed by atoms with E-state index < -0.39 is 22.5 Å². The average molecular weight is 286 g/mol. The molecule has 0 spiro atoms. The van der Waals surface area contributed by atoms with Crippen molar-refractivity contribution in [1.82, 2.24) is 5.32 Å². The minimum absolute atomic E-state index is 0.0440. The quantitative estimate of drug-likeness (QED) is 0.463. The molecule has 20 heavy (non-hydrogen) atoms. The number of rotatable bonds is 7. The Hall–Kier alpha value is -2.22. The number of nitro groups is 1. The minimum atomic E-state index is -1.01. The Labute approximate surface area is 114 Å². The maximum Gasteiger partial charge on any atom is 0.305 e. The van der Waals surface area contributed by atoms with Gasteiger partial charge in [0.25, 0.3) is 5.91 Å². The van der Waals surface area contributed by atoms with Crippen molar-refractivity contribution in [2.45, 2.75) is 13.0 Å². The molecule has 0 heterocycles. The third-order valence-corrected chi connectivity index (χ3v) is 2.40. The van der Waals surface area contributed by atoms with E-state index in [1.165, 1.54) is 20.1 Å². The zero-order valence-corrected chi connectivity index (χ0v) is 11.1. The number of amides is 1. The summed E-state index contributed by atoms with van der Waals surface area (Å²) in [5.41, 5.74) is -0.644. The molecule has 0 aliphatic heterocycles. The first-order valence-corrected chi connectivity index (χ1v) is 5.83. The molecule has 0 bridgehead atoms. The third-order valence-electron chi connectivity index (χ3n) is 2.40. The number of benzene rings is 1. The predicted molar refractivity (Wildman–Crippen MR) is 68.0 cm³/mol. The van der Waals surface area contributed by atoms with Crippen molar-refractivity contribution in [3.8, 4) is 5.75 Å². The van der Waals surface area contributed by atoms with Crippen molar-refractivity contribution in [3.05, 3.63) is 34.1 Å². The molecule has 0 aliphatic carbocycles. The molecule has 110 valence electrons. The van der Waals surface area contributed by atoms with Gasteiger partial charge in [0.05, 0.1) is 11.5 Å². The van der Waals surface area contributed by atoms with Gasteiger partial charge in [-0.05, 0) is 13.0 Å². The van der Waals surface area contributed by atoms with Crippen LogP contribution in [0.2, 0.25) is 0 Å². The fraction of sp³-hybridized carbons (Fsp3) is 0.417. The molecule has 1 atom stereocenters. The van der Waals surface area contributed by atoms with Gasteiger partial charge in [-0.3, -0.25) is 14.9 Å². The van der Waals surface area contributed by atoms with Gasteiger partial charge in [0.1, 0.15) is 5.75 Å². The Morgan fingerprint density at radius 2 is 2.25 bits per heavy atom. The summed E-state index contributed by atoms with van der Waals surface area (Å²) in [6.45, 7) is 2.18. The zero-order chi connectivity index (χ0) is 15.1. The van der Waals surface area contributed by atoms with Crippen molar-refractivity contribution in [2.75, 3.05) is 20.3 Å². The zero-order valence-electron chi connectivity index (χ0n) is 11.1. The molecule has 8 heteroatoms. The summed E-state index contributed by atoms with van der Waals surface area (Å²) < 4.78 is 23.3. The lowest BCUT2D eigenvalue weighted by Gasteiger charge is -2.14. The molecule has 1 amide bonds. The smallest absolute Gasteiger partial charge is 0.305 e. The van der Waals surface area contributed by atoms with Crippen molar-refractivity contribution < 1.29 is 23.6 Å². The van der Waals surface area contributed by atoms with Gasteiger partial charge in [0.2, 0.25) is 5.82 Å². The maximum absolute atomic E-state index is 13.4. The number of methoxy groups -OCH3 is 1. The Bertz CT molecular complexity index is 495. The summed E-state index contributed by atoms with van der Waals surface area (Å²) in [5, 5.41) is 13.0. The third kappa shape index (κ3) is 4.47. The predicted octanol–water partition coefficient (Wildman–Crippen LogP) is 1.26. The first-order valence-electron chi connectivity index (χ1n) is 5.83. The molecule has 7 nitrogen and oxygen atoms in total. The van der Waals surface area contributed by atoms with Gasteiger partial charge < -0.3 is 14.8 Å². The minimum Gasteiger partial charge on any atom is -0.481 e. The highest BCUT2D eigenvalue weighted by Crippen LogP contribution is 2.22. The largest absolute Gasteiger partial charge is 0.481 e. The van der Waals surface area contributed by atoms with Gasteiger partial charge in [0, 0.05) is 25.8 Å². The van der Waals surface area contributed by atoms with E-state index in [2.05, 4.69) is 5.32 Å². The lowest BCUT2D eigenvalue weighted by Crippen LogP contribution is -2.37. The van der Waals surface area contributed by atoms with E-state index in [1.54, 1.807) is 0 Å². The average Bonchev–Trinajstić information content (AvgIpc) is 2.38. The van der Waals surface area contributed by atoms with Crippen LogP contribution < -0.4 is 10.1 Å². The number of hydrogen-bond acceptors (Lipinski definition) is 5. The summed E-state index contributed by atoms with van der Waals surface area (Å²) in [7, 11) is 1.51. The second-order valence-electron chi connectivity index (χ2n) is 3.91. The Kier molecular flexibility index (Phi) is 5.85. The highest BCUT2D eigenvalue weighted by Gasteiger charge is 2.18. The number of halogens is 1. The normalized spacial score (nSPS) is 11.8. The van der Waals surface area contributed by atoms with Gasteiger partial charge >= 0.3 is 5.69 Å². The highest BCUT2D eigenvalue weighted by molar-refractivity contribution is 5.80. The summed E-state index contributed by atoms with van der Waals surface area (Å²) in [5.74, 6) is -1.36. The van der Waals surface area contributed by atoms with E-state index in [1.807, 2.05) is 0 Å². The van der Waals surface area contributed by atoms with Crippen LogP contribution in [0.25, 0.3) is 0 Å². The van der Waals surface area contributed by atoms with Crippen LogP contribution in [0, 0.1) is 15.9 Å². The SMILES string of the molecule is COCCNC(=O)C(C)Oc1ccc([N+](=O)[O-])c(F)c1. The van der Waals surface area contributed by atoms with Crippen molar-refractivity contribution in [1.29, 1.82) is 0 Å². The first kappa shape index (κ1) is 15.8. The van der Waals surface area contributed by atoms with Crippen molar-refractivity contribution >= 4 is 11.6 Å². The second kappa shape index (κ2) is 7.39. The fourth-order valence-corrected chi connectivity index (χ4v) is 1.39. The monoisotopic (exact) mass is 286 g/mol. The molecular weight excluding hydrogens is 271 g/mol. The first-order chi connectivity index (χ1) is 9.45. The van der Waals surface area contributed by atoms with E-state index in [0.717, 1.165) is 12.1 Å². The number of carbonyl (C=O) groups excluding carboxylic acids is 1. The van der Waals surface area contributed by atoms with Crippen LogP contribution in [0.1, 0.15) is 6.92 Å². The van der Waals surface area contributed by atoms with E-state index in [4.69, 9.17) is 9.47 Å². The molecule has 1 rings (SSSR count). The highest BCUT2D eigenvalue weighted by atomic mass is 19.1. The number of carbonyl (C=O) groups is 1. The van der Waals surface area contributed by atoms with E-state index in [0.29, 0.717) is 13.2 Å². The Morgan fingerprint density at radius 3 is 2.80 bits per heavy atom. The van der Waals surface area contributed by atoms with Crippen LogP contribution in [0.15, 0.2) is 18.2 Å². The van der Waals surface area contributed by atoms with Gasteiger partial charge in [-0.25, -0.2) is 0 Å². The summed E-state index contributed by atoms with van der Waals surface area (Å²) in [6, 6.07) is 3.09. The Morgan fingerprint density at radius 1 is 1.55 bits per heavy atom. The molecule has 0 radical (unpaired) electrons. The van der Waals surface area contributed by atoms with E-state index >= 15 is 0 Å². The van der Waals surface area contributed by atoms with Gasteiger partial charge in [-0.1, -0.05) is 0 Å². The maximum atomic E-state index is 13.4. The van der Waals surface area contributed by atoms with Crippen LogP contribution in [0.3, 0.4) is 0 Å². The summed E-state index contributed by atoms with van der Waals surface area (Å²) >= 11 is 0. The molecule has 1 aromatic carbocycles.